The van der Waals surface area contributed by atoms with Crippen molar-refractivity contribution in [3.05, 3.63) is 23.6 Å². The molecule has 0 radical (unpaired) electrons. The number of rotatable bonds is 5. The van der Waals surface area contributed by atoms with Crippen LogP contribution in [0.4, 0.5) is 10.2 Å². The summed E-state index contributed by atoms with van der Waals surface area (Å²) in [7, 11) is 0. The summed E-state index contributed by atoms with van der Waals surface area (Å²) >= 11 is 0. The molecule has 1 aromatic rings. The van der Waals surface area contributed by atoms with Crippen LogP contribution in [0.5, 0.6) is 0 Å². The lowest BCUT2D eigenvalue weighted by Crippen LogP contribution is -2.29. The fourth-order valence-electron chi connectivity index (χ4n) is 1.26. The Kier molecular flexibility index (Phi) is 4.27. The van der Waals surface area contributed by atoms with Crippen molar-refractivity contribution < 1.29 is 14.3 Å². The van der Waals surface area contributed by atoms with Gasteiger partial charge in [-0.3, -0.25) is 0 Å². The number of nitrogens with zero attached hydrogens (tertiary/aromatic N) is 1. The Morgan fingerprint density at radius 3 is 2.67 bits per heavy atom. The highest BCUT2D eigenvalue weighted by Crippen LogP contribution is 2.26. The van der Waals surface area contributed by atoms with Gasteiger partial charge >= 0.3 is 5.97 Å². The largest absolute Gasteiger partial charge is 0.478 e. The second-order valence-corrected chi connectivity index (χ2v) is 5.35. The number of aromatic nitrogens is 1. The molecule has 0 saturated carbocycles. The molecular formula is C13H19FN2O2. The van der Waals surface area contributed by atoms with Crippen molar-refractivity contribution in [1.82, 2.24) is 4.98 Å². The zero-order chi connectivity index (χ0) is 13.9. The fourth-order valence-corrected chi connectivity index (χ4v) is 1.26. The van der Waals surface area contributed by atoms with E-state index < -0.39 is 11.8 Å². The van der Waals surface area contributed by atoms with Gasteiger partial charge in [-0.2, -0.15) is 0 Å². The van der Waals surface area contributed by atoms with E-state index in [9.17, 15) is 9.18 Å². The predicted molar refractivity (Wildman–Crippen MR) is 68.3 cm³/mol. The third-order valence-corrected chi connectivity index (χ3v) is 3.36. The summed E-state index contributed by atoms with van der Waals surface area (Å²) in [6.45, 7) is 8.92. The van der Waals surface area contributed by atoms with E-state index in [1.54, 1.807) is 0 Å². The van der Waals surface area contributed by atoms with E-state index in [2.05, 4.69) is 38.0 Å². The number of nitrogens with one attached hydrogen (secondary N) is 1. The highest BCUT2D eigenvalue weighted by Gasteiger charge is 2.23. The minimum absolute atomic E-state index is 0.00810. The van der Waals surface area contributed by atoms with Crippen LogP contribution in [0.2, 0.25) is 0 Å². The van der Waals surface area contributed by atoms with Gasteiger partial charge in [0.05, 0.1) is 6.20 Å². The van der Waals surface area contributed by atoms with Gasteiger partial charge in [-0.25, -0.2) is 14.2 Å². The summed E-state index contributed by atoms with van der Waals surface area (Å²) in [5, 5.41) is 12.0. The first-order chi connectivity index (χ1) is 8.24. The molecule has 0 saturated heterocycles. The molecule has 1 heterocycles. The Bertz CT molecular complexity index is 445. The number of carbonyl (C=O) groups is 1. The van der Waals surface area contributed by atoms with Gasteiger partial charge in [-0.15, -0.1) is 0 Å². The number of aromatic carboxylic acids is 1. The molecule has 0 aliphatic carbocycles. The third kappa shape index (κ3) is 3.42. The van der Waals surface area contributed by atoms with Crippen LogP contribution >= 0.6 is 0 Å². The molecule has 1 rings (SSSR count). The van der Waals surface area contributed by atoms with Crippen LogP contribution in [-0.4, -0.2) is 22.6 Å². The number of hydrogen-bond acceptors (Lipinski definition) is 3. The molecule has 0 unspecified atom stereocenters. The summed E-state index contributed by atoms with van der Waals surface area (Å²) in [5.41, 5.74) is -0.152. The summed E-state index contributed by atoms with van der Waals surface area (Å²) < 4.78 is 13.0. The standard InChI is InChI=1S/C13H19FN2O2/c1-8(2)13(3,4)7-16-11-10(12(17)18)5-9(14)6-15-11/h5-6,8H,7H2,1-4H3,(H,15,16)(H,17,18). The number of pyridine rings is 1. The van der Waals surface area contributed by atoms with Crippen LogP contribution in [-0.2, 0) is 0 Å². The van der Waals surface area contributed by atoms with Gasteiger partial charge in [0.25, 0.3) is 0 Å². The van der Waals surface area contributed by atoms with Gasteiger partial charge in [0.15, 0.2) is 0 Å². The molecule has 4 nitrogen and oxygen atoms in total. The Balaban J connectivity index is 2.89. The molecule has 0 amide bonds. The van der Waals surface area contributed by atoms with Gasteiger partial charge < -0.3 is 10.4 Å². The van der Waals surface area contributed by atoms with Crippen molar-refractivity contribution in [2.75, 3.05) is 11.9 Å². The number of carboxylic acids is 1. The first kappa shape index (κ1) is 14.4. The van der Waals surface area contributed by atoms with Crippen LogP contribution in [0.1, 0.15) is 38.1 Å². The molecule has 18 heavy (non-hydrogen) atoms. The van der Waals surface area contributed by atoms with E-state index in [1.807, 2.05) is 0 Å². The monoisotopic (exact) mass is 254 g/mol. The van der Waals surface area contributed by atoms with Gasteiger partial charge in [-0.05, 0) is 17.4 Å². The Morgan fingerprint density at radius 2 is 2.17 bits per heavy atom. The summed E-state index contributed by atoms with van der Waals surface area (Å²) in [6, 6.07) is 0.972. The Labute approximate surface area is 106 Å². The minimum atomic E-state index is -1.19. The van der Waals surface area contributed by atoms with Gasteiger partial charge in [-0.1, -0.05) is 27.7 Å². The van der Waals surface area contributed by atoms with Crippen LogP contribution in [0.25, 0.3) is 0 Å². The van der Waals surface area contributed by atoms with Crippen LogP contribution < -0.4 is 5.32 Å². The lowest BCUT2D eigenvalue weighted by Gasteiger charge is -2.29. The summed E-state index contributed by atoms with van der Waals surface area (Å²) in [6.07, 6.45) is 1.01. The summed E-state index contributed by atoms with van der Waals surface area (Å²) in [5.74, 6) is -1.20. The molecule has 0 fully saturated rings. The first-order valence-electron chi connectivity index (χ1n) is 5.87. The van der Waals surface area contributed by atoms with Crippen molar-refractivity contribution in [3.8, 4) is 0 Å². The van der Waals surface area contributed by atoms with Gasteiger partial charge in [0.1, 0.15) is 17.2 Å². The maximum atomic E-state index is 13.0. The third-order valence-electron chi connectivity index (χ3n) is 3.36. The number of hydrogen-bond donors (Lipinski definition) is 2. The minimum Gasteiger partial charge on any atom is -0.478 e. The lowest BCUT2D eigenvalue weighted by molar-refractivity contribution is 0.0697. The second kappa shape index (κ2) is 5.33. The molecular weight excluding hydrogens is 235 g/mol. The van der Waals surface area contributed by atoms with E-state index in [0.29, 0.717) is 12.5 Å². The van der Waals surface area contributed by atoms with E-state index in [0.717, 1.165) is 12.3 Å². The number of anilines is 1. The fraction of sp³-hybridized carbons (Fsp3) is 0.538. The van der Waals surface area contributed by atoms with Crippen LogP contribution in [0, 0.1) is 17.2 Å². The number of halogens is 1. The molecule has 0 atom stereocenters. The molecule has 0 bridgehead atoms. The van der Waals surface area contributed by atoms with Crippen molar-refractivity contribution in [3.63, 3.8) is 0 Å². The van der Waals surface area contributed by atoms with Crippen molar-refractivity contribution >= 4 is 11.8 Å². The predicted octanol–water partition coefficient (Wildman–Crippen LogP) is 3.01. The van der Waals surface area contributed by atoms with Crippen LogP contribution in [0.15, 0.2) is 12.3 Å². The molecule has 1 aromatic heterocycles. The van der Waals surface area contributed by atoms with Crippen LogP contribution in [0.3, 0.4) is 0 Å². The molecule has 0 aromatic carbocycles. The average Bonchev–Trinajstić information content (AvgIpc) is 2.27. The Morgan fingerprint density at radius 1 is 1.56 bits per heavy atom. The second-order valence-electron chi connectivity index (χ2n) is 5.35. The number of carboxylic acid groups (broad SMARTS) is 1. The topological polar surface area (TPSA) is 62.2 Å². The molecule has 0 spiro atoms. The quantitative estimate of drug-likeness (QED) is 0.847. The maximum absolute atomic E-state index is 13.0. The molecule has 0 aliphatic heterocycles. The SMILES string of the molecule is CC(C)C(C)(C)CNc1ncc(F)cc1C(=O)O. The van der Waals surface area contributed by atoms with E-state index in [1.165, 1.54) is 0 Å². The average molecular weight is 254 g/mol. The van der Waals surface area contributed by atoms with Crippen molar-refractivity contribution in [2.24, 2.45) is 11.3 Å². The molecule has 100 valence electrons. The van der Waals surface area contributed by atoms with Gasteiger partial charge in [0.2, 0.25) is 0 Å². The van der Waals surface area contributed by atoms with E-state index >= 15 is 0 Å². The summed E-state index contributed by atoms with van der Waals surface area (Å²) in [4.78, 5) is 14.8. The molecule has 0 aliphatic rings. The highest BCUT2D eigenvalue weighted by atomic mass is 19.1. The van der Waals surface area contributed by atoms with E-state index in [4.69, 9.17) is 5.11 Å². The lowest BCUT2D eigenvalue weighted by atomic mass is 9.81. The van der Waals surface area contributed by atoms with E-state index in [-0.39, 0.29) is 16.8 Å². The zero-order valence-corrected chi connectivity index (χ0v) is 11.1. The van der Waals surface area contributed by atoms with Crippen molar-refractivity contribution in [1.29, 1.82) is 0 Å². The first-order valence-corrected chi connectivity index (χ1v) is 5.87. The highest BCUT2D eigenvalue weighted by molar-refractivity contribution is 5.93. The smallest absolute Gasteiger partial charge is 0.339 e. The van der Waals surface area contributed by atoms with Gasteiger partial charge in [0, 0.05) is 6.54 Å². The molecule has 2 N–H and O–H groups in total. The Hall–Kier alpha value is -1.65. The normalized spacial score (nSPS) is 11.7. The zero-order valence-electron chi connectivity index (χ0n) is 11.1. The maximum Gasteiger partial charge on any atom is 0.339 e. The van der Waals surface area contributed by atoms with Crippen molar-refractivity contribution in [2.45, 2.75) is 27.7 Å². The molecule has 5 heteroatoms.